The van der Waals surface area contributed by atoms with Gasteiger partial charge in [-0.3, -0.25) is 4.79 Å². The number of anilines is 3. The Kier molecular flexibility index (Phi) is 4.83. The molecule has 2 aliphatic rings. The Morgan fingerprint density at radius 3 is 1.57 bits per heavy atom. The summed E-state index contributed by atoms with van der Waals surface area (Å²) in [5.41, 5.74) is 12.2. The van der Waals surface area contributed by atoms with E-state index in [1.807, 2.05) is 6.07 Å². The lowest BCUT2D eigenvalue weighted by molar-refractivity contribution is 0.112. The maximum atomic E-state index is 11.8. The highest BCUT2D eigenvalue weighted by molar-refractivity contribution is 5.94. The second-order valence-electron chi connectivity index (χ2n) is 13.6. The highest BCUT2D eigenvalue weighted by Gasteiger charge is 2.46. The van der Waals surface area contributed by atoms with Gasteiger partial charge in [-0.1, -0.05) is 93.5 Å². The van der Waals surface area contributed by atoms with Crippen LogP contribution in [-0.2, 0) is 21.7 Å². The first-order valence-electron chi connectivity index (χ1n) is 12.8. The molecular weight excluding hydrogens is 426 g/mol. The van der Waals surface area contributed by atoms with Crippen molar-refractivity contribution in [2.45, 2.75) is 90.9 Å². The van der Waals surface area contributed by atoms with E-state index in [2.05, 4.69) is 117 Å². The zero-order valence-corrected chi connectivity index (χ0v) is 23.1. The monoisotopic (exact) mass is 465 g/mol. The molecule has 0 aromatic heterocycles. The third-order valence-corrected chi connectivity index (χ3v) is 8.39. The van der Waals surface area contributed by atoms with Crippen molar-refractivity contribution in [3.8, 4) is 0 Å². The maximum absolute atomic E-state index is 11.8. The maximum Gasteiger partial charge on any atom is 0.150 e. The molecule has 2 heteroatoms. The predicted octanol–water partition coefficient (Wildman–Crippen LogP) is 8.84. The van der Waals surface area contributed by atoms with Crippen molar-refractivity contribution in [3.63, 3.8) is 0 Å². The fourth-order valence-electron chi connectivity index (χ4n) is 5.94. The number of benzene rings is 3. The molecular formula is C33H39NO. The van der Waals surface area contributed by atoms with Crippen molar-refractivity contribution in [2.75, 3.05) is 4.90 Å². The molecule has 35 heavy (non-hydrogen) atoms. The molecule has 0 fully saturated rings. The second-order valence-corrected chi connectivity index (χ2v) is 13.6. The third kappa shape index (κ3) is 3.33. The molecule has 0 spiro atoms. The molecule has 0 radical (unpaired) electrons. The summed E-state index contributed by atoms with van der Waals surface area (Å²) >= 11 is 0. The number of hydrogen-bond acceptors (Lipinski definition) is 2. The van der Waals surface area contributed by atoms with Gasteiger partial charge in [-0.15, -0.1) is 0 Å². The summed E-state index contributed by atoms with van der Waals surface area (Å²) in [4.78, 5) is 14.2. The van der Waals surface area contributed by atoms with Crippen molar-refractivity contribution >= 4 is 23.3 Å². The highest BCUT2D eigenvalue weighted by atomic mass is 16.1. The van der Waals surface area contributed by atoms with Gasteiger partial charge in [0.1, 0.15) is 6.29 Å². The third-order valence-electron chi connectivity index (χ3n) is 8.39. The number of rotatable bonds is 1. The number of fused-ring (bicyclic) bond motifs is 4. The van der Waals surface area contributed by atoms with Gasteiger partial charge in [0.05, 0.1) is 17.1 Å². The van der Waals surface area contributed by atoms with Gasteiger partial charge in [0.15, 0.2) is 0 Å². The normalized spacial score (nSPS) is 17.4. The molecule has 3 aromatic rings. The van der Waals surface area contributed by atoms with Crippen LogP contribution in [0.1, 0.15) is 113 Å². The first-order valence-corrected chi connectivity index (χ1v) is 12.8. The molecule has 0 atom stereocenters. The van der Waals surface area contributed by atoms with Crippen molar-refractivity contribution in [1.29, 1.82) is 0 Å². The summed E-state index contributed by atoms with van der Waals surface area (Å²) in [5.74, 6) is 0. The molecule has 0 aliphatic carbocycles. The Hall–Kier alpha value is -2.87. The van der Waals surface area contributed by atoms with Crippen LogP contribution >= 0.6 is 0 Å². The average Bonchev–Trinajstić information content (AvgIpc) is 2.76. The van der Waals surface area contributed by atoms with Crippen molar-refractivity contribution < 1.29 is 4.79 Å². The van der Waals surface area contributed by atoms with E-state index in [4.69, 9.17) is 0 Å². The number of carbonyl (C=O) groups is 1. The van der Waals surface area contributed by atoms with Crippen LogP contribution < -0.4 is 4.90 Å². The molecule has 5 rings (SSSR count). The van der Waals surface area contributed by atoms with Gasteiger partial charge >= 0.3 is 0 Å². The van der Waals surface area contributed by atoms with Gasteiger partial charge < -0.3 is 4.90 Å². The van der Waals surface area contributed by atoms with E-state index < -0.39 is 0 Å². The lowest BCUT2D eigenvalue weighted by Crippen LogP contribution is -2.39. The minimum atomic E-state index is -0.227. The molecule has 3 aromatic carbocycles. The lowest BCUT2D eigenvalue weighted by atomic mass is 9.64. The summed E-state index contributed by atoms with van der Waals surface area (Å²) in [5, 5.41) is 0. The van der Waals surface area contributed by atoms with Gasteiger partial charge in [0.2, 0.25) is 0 Å². The Morgan fingerprint density at radius 1 is 0.629 bits per heavy atom. The van der Waals surface area contributed by atoms with Crippen LogP contribution in [0.15, 0.2) is 48.5 Å². The first kappa shape index (κ1) is 23.9. The molecule has 2 nitrogen and oxygen atoms in total. The van der Waals surface area contributed by atoms with E-state index in [0.29, 0.717) is 0 Å². The first-order chi connectivity index (χ1) is 16.1. The van der Waals surface area contributed by atoms with E-state index in [1.54, 1.807) is 0 Å². The standard InChI is InChI=1S/C33H39NO/c1-30(2,3)21-12-14-28-24(16-21)33(9,10)26-18-22(31(4,5)6)17-25-29(26)34(28)27-13-11-20(19-35)15-23(27)32(25,7)8/h11-19H,1-10H3. The predicted molar refractivity (Wildman–Crippen MR) is 148 cm³/mol. The van der Waals surface area contributed by atoms with E-state index >= 15 is 0 Å². The average molecular weight is 466 g/mol. The summed E-state index contributed by atoms with van der Waals surface area (Å²) in [6, 6.07) is 18.1. The smallest absolute Gasteiger partial charge is 0.150 e. The van der Waals surface area contributed by atoms with Gasteiger partial charge in [-0.2, -0.15) is 0 Å². The van der Waals surface area contributed by atoms with Crippen LogP contribution in [-0.4, -0.2) is 6.29 Å². The lowest BCUT2D eigenvalue weighted by Gasteiger charge is -2.50. The Balaban J connectivity index is 1.94. The van der Waals surface area contributed by atoms with E-state index in [1.165, 1.54) is 50.4 Å². The molecule has 0 N–H and O–H groups in total. The minimum Gasteiger partial charge on any atom is -0.309 e. The molecule has 2 aliphatic heterocycles. The SMILES string of the molecule is CC(C)(C)c1ccc2c(c1)C(C)(C)c1cc(C(C)(C)C)cc3c1N2c1ccc(C=O)cc1C3(C)C. The number of nitrogens with zero attached hydrogens (tertiary/aromatic N) is 1. The van der Waals surface area contributed by atoms with Crippen molar-refractivity contribution in [1.82, 2.24) is 0 Å². The Morgan fingerprint density at radius 2 is 1.09 bits per heavy atom. The van der Waals surface area contributed by atoms with Gasteiger partial charge in [-0.05, 0) is 68.5 Å². The minimum absolute atomic E-state index is 0.0287. The fourth-order valence-corrected chi connectivity index (χ4v) is 5.94. The van der Waals surface area contributed by atoms with Gasteiger partial charge in [0, 0.05) is 16.4 Å². The van der Waals surface area contributed by atoms with Gasteiger partial charge in [-0.25, -0.2) is 0 Å². The molecule has 2 heterocycles. The summed E-state index contributed by atoms with van der Waals surface area (Å²) < 4.78 is 0. The topological polar surface area (TPSA) is 20.3 Å². The van der Waals surface area contributed by atoms with Crippen LogP contribution in [0.3, 0.4) is 0 Å². The van der Waals surface area contributed by atoms with Crippen LogP contribution in [0.25, 0.3) is 0 Å². The number of aldehydes is 1. The van der Waals surface area contributed by atoms with Crippen LogP contribution in [0.4, 0.5) is 17.1 Å². The summed E-state index contributed by atoms with van der Waals surface area (Å²) in [6.07, 6.45) is 0.964. The Labute approximate surface area is 211 Å². The molecule has 0 saturated carbocycles. The van der Waals surface area contributed by atoms with Crippen molar-refractivity contribution in [2.24, 2.45) is 0 Å². The zero-order valence-electron chi connectivity index (χ0n) is 23.1. The molecule has 182 valence electrons. The van der Waals surface area contributed by atoms with Crippen LogP contribution in [0.5, 0.6) is 0 Å². The molecule has 0 unspecified atom stereocenters. The number of hydrogen-bond donors (Lipinski definition) is 0. The molecule has 0 bridgehead atoms. The van der Waals surface area contributed by atoms with Gasteiger partial charge in [0.25, 0.3) is 0 Å². The fraction of sp³-hybridized carbons (Fsp3) is 0.424. The molecule has 0 saturated heterocycles. The van der Waals surface area contributed by atoms with Crippen LogP contribution in [0.2, 0.25) is 0 Å². The highest BCUT2D eigenvalue weighted by Crippen LogP contribution is 2.61. The zero-order chi connectivity index (χ0) is 25.7. The Bertz CT molecular complexity index is 1380. The quantitative estimate of drug-likeness (QED) is 0.335. The molecule has 0 amide bonds. The largest absolute Gasteiger partial charge is 0.309 e. The number of carbonyl (C=O) groups excluding carboxylic acids is 1. The van der Waals surface area contributed by atoms with E-state index in [0.717, 1.165) is 11.8 Å². The van der Waals surface area contributed by atoms with E-state index in [-0.39, 0.29) is 21.7 Å². The van der Waals surface area contributed by atoms with Crippen molar-refractivity contribution in [3.05, 3.63) is 87.5 Å². The van der Waals surface area contributed by atoms with E-state index in [9.17, 15) is 4.79 Å². The summed E-state index contributed by atoms with van der Waals surface area (Å²) in [6.45, 7) is 23.1. The second kappa shape index (κ2) is 7.09. The van der Waals surface area contributed by atoms with Crippen LogP contribution in [0, 0.1) is 0 Å². The summed E-state index contributed by atoms with van der Waals surface area (Å²) in [7, 11) is 0.